The molecule has 17 heavy (non-hydrogen) atoms. The second kappa shape index (κ2) is 4.99. The van der Waals surface area contributed by atoms with E-state index in [1.54, 1.807) is 20.8 Å². The molecule has 0 amide bonds. The molecule has 0 fully saturated rings. The Morgan fingerprint density at radius 1 is 1.59 bits per heavy atom. The molecule has 0 saturated heterocycles. The lowest BCUT2D eigenvalue weighted by Crippen LogP contribution is -2.27. The molecule has 1 N–H and O–H groups in total. The number of halogens is 1. The number of hydrogen-bond acceptors (Lipinski definition) is 5. The summed E-state index contributed by atoms with van der Waals surface area (Å²) in [5.74, 6) is -1.58. The van der Waals surface area contributed by atoms with E-state index in [0.29, 0.717) is 0 Å². The van der Waals surface area contributed by atoms with Gasteiger partial charge in [0.1, 0.15) is 5.60 Å². The van der Waals surface area contributed by atoms with Gasteiger partial charge in [0.15, 0.2) is 6.04 Å². The second-order valence-corrected chi connectivity index (χ2v) is 4.45. The van der Waals surface area contributed by atoms with Crippen LogP contribution >= 0.6 is 0 Å². The maximum atomic E-state index is 13.4. The molecule has 6 heteroatoms. The van der Waals surface area contributed by atoms with Gasteiger partial charge in [0.25, 0.3) is 0 Å². The summed E-state index contributed by atoms with van der Waals surface area (Å²) in [6, 6.07) is 1.53. The van der Waals surface area contributed by atoms with Crippen molar-refractivity contribution in [3.8, 4) is 0 Å². The van der Waals surface area contributed by atoms with Gasteiger partial charge >= 0.3 is 5.97 Å². The van der Waals surface area contributed by atoms with Crippen molar-refractivity contribution in [1.29, 1.82) is 5.53 Å². The number of carbonyl (C=O) groups excluding carboxylic acids is 1. The number of pyridine rings is 1. The zero-order valence-electron chi connectivity index (χ0n) is 9.90. The fraction of sp³-hybridized carbons (Fsp3) is 0.455. The maximum Gasteiger partial charge on any atom is 0.338 e. The molecule has 1 heterocycles. The summed E-state index contributed by atoms with van der Waals surface area (Å²) in [4.78, 5) is 15.1. The topological polar surface area (TPSA) is 75.4 Å². The lowest BCUT2D eigenvalue weighted by atomic mass is 10.1. The highest BCUT2D eigenvalue weighted by Gasteiger charge is 2.28. The molecule has 0 aliphatic heterocycles. The molecule has 0 radical (unpaired) electrons. The van der Waals surface area contributed by atoms with E-state index in [2.05, 4.69) is 10.1 Å². The summed E-state index contributed by atoms with van der Waals surface area (Å²) in [6.45, 7) is 5.06. The standard InChI is InChI=1S/C11H14FN3O2/c1-11(2,3)17-10(16)8(15-13)7-5-4-6-14-9(7)12/h4-6,8,13H,1-3H3. The molecule has 92 valence electrons. The number of esters is 1. The van der Waals surface area contributed by atoms with Crippen molar-refractivity contribution in [3.05, 3.63) is 29.8 Å². The Morgan fingerprint density at radius 3 is 2.71 bits per heavy atom. The maximum absolute atomic E-state index is 13.4. The van der Waals surface area contributed by atoms with Crippen molar-refractivity contribution in [2.75, 3.05) is 0 Å². The van der Waals surface area contributed by atoms with Crippen LogP contribution in [0.25, 0.3) is 0 Å². The van der Waals surface area contributed by atoms with Crippen molar-refractivity contribution in [2.45, 2.75) is 32.4 Å². The molecule has 1 aromatic heterocycles. The van der Waals surface area contributed by atoms with E-state index in [0.717, 1.165) is 0 Å². The average Bonchev–Trinajstić information content (AvgIpc) is 2.19. The van der Waals surface area contributed by atoms with Gasteiger partial charge < -0.3 is 4.74 Å². The molecule has 1 atom stereocenters. The number of ether oxygens (including phenoxy) is 1. The minimum atomic E-state index is -1.30. The average molecular weight is 239 g/mol. The van der Waals surface area contributed by atoms with Crippen LogP contribution in [0.5, 0.6) is 0 Å². The zero-order valence-corrected chi connectivity index (χ0v) is 9.90. The van der Waals surface area contributed by atoms with Gasteiger partial charge in [-0.2, -0.15) is 9.50 Å². The molecule has 0 bridgehead atoms. The molecule has 0 aromatic carbocycles. The van der Waals surface area contributed by atoms with Crippen LogP contribution in [0, 0.1) is 11.5 Å². The summed E-state index contributed by atoms with van der Waals surface area (Å²) >= 11 is 0. The molecular formula is C11H14FN3O2. The fourth-order valence-corrected chi connectivity index (χ4v) is 1.21. The van der Waals surface area contributed by atoms with Crippen LogP contribution in [0.2, 0.25) is 0 Å². The van der Waals surface area contributed by atoms with E-state index in [1.165, 1.54) is 18.3 Å². The Kier molecular flexibility index (Phi) is 3.88. The van der Waals surface area contributed by atoms with Crippen LogP contribution < -0.4 is 0 Å². The minimum absolute atomic E-state index is 0.0586. The number of aromatic nitrogens is 1. The lowest BCUT2D eigenvalue weighted by Gasteiger charge is -2.21. The van der Waals surface area contributed by atoms with Gasteiger partial charge in [-0.3, -0.25) is 0 Å². The number of nitrogens with zero attached hydrogens (tertiary/aromatic N) is 2. The Bertz CT molecular complexity index is 429. The Morgan fingerprint density at radius 2 is 2.24 bits per heavy atom. The summed E-state index contributed by atoms with van der Waals surface area (Å²) in [5.41, 5.74) is 6.19. The fourth-order valence-electron chi connectivity index (χ4n) is 1.21. The van der Waals surface area contributed by atoms with Gasteiger partial charge in [-0.1, -0.05) is 6.07 Å². The highest BCUT2D eigenvalue weighted by molar-refractivity contribution is 5.78. The van der Waals surface area contributed by atoms with Crippen molar-refractivity contribution < 1.29 is 13.9 Å². The minimum Gasteiger partial charge on any atom is -0.458 e. The predicted molar refractivity (Wildman–Crippen MR) is 57.9 cm³/mol. The molecule has 1 aromatic rings. The Labute approximate surface area is 98.5 Å². The van der Waals surface area contributed by atoms with Gasteiger partial charge in [-0.25, -0.2) is 15.3 Å². The number of carbonyl (C=O) groups is 1. The first-order valence-corrected chi connectivity index (χ1v) is 5.05. The van der Waals surface area contributed by atoms with Crippen molar-refractivity contribution in [1.82, 2.24) is 4.98 Å². The quantitative estimate of drug-likeness (QED) is 0.500. The van der Waals surface area contributed by atoms with Gasteiger partial charge in [-0.15, -0.1) is 0 Å². The molecular weight excluding hydrogens is 225 g/mol. The first kappa shape index (κ1) is 13.2. The first-order chi connectivity index (χ1) is 7.85. The molecule has 1 rings (SSSR count). The molecule has 0 spiro atoms. The van der Waals surface area contributed by atoms with Gasteiger partial charge in [-0.05, 0) is 26.8 Å². The summed E-state index contributed by atoms with van der Waals surface area (Å²) < 4.78 is 18.4. The molecule has 0 saturated carbocycles. The Balaban J connectivity index is 2.97. The number of rotatable bonds is 3. The van der Waals surface area contributed by atoms with Crippen LogP contribution in [-0.2, 0) is 9.53 Å². The van der Waals surface area contributed by atoms with Gasteiger partial charge in [0.05, 0.1) is 0 Å². The van der Waals surface area contributed by atoms with E-state index < -0.39 is 23.6 Å². The van der Waals surface area contributed by atoms with Crippen LogP contribution in [0.4, 0.5) is 4.39 Å². The van der Waals surface area contributed by atoms with E-state index in [4.69, 9.17) is 10.3 Å². The van der Waals surface area contributed by atoms with Crippen LogP contribution in [0.3, 0.4) is 0 Å². The normalized spacial score (nSPS) is 12.9. The Hall–Kier alpha value is -1.85. The first-order valence-electron chi connectivity index (χ1n) is 5.05. The summed E-state index contributed by atoms with van der Waals surface area (Å²) in [7, 11) is 0. The predicted octanol–water partition coefficient (Wildman–Crippen LogP) is 2.63. The van der Waals surface area contributed by atoms with E-state index in [9.17, 15) is 9.18 Å². The van der Waals surface area contributed by atoms with Crippen molar-refractivity contribution in [2.24, 2.45) is 5.11 Å². The van der Waals surface area contributed by atoms with Gasteiger partial charge in [0, 0.05) is 11.8 Å². The molecule has 5 nitrogen and oxygen atoms in total. The lowest BCUT2D eigenvalue weighted by molar-refractivity contribution is -0.156. The molecule has 0 aliphatic carbocycles. The smallest absolute Gasteiger partial charge is 0.338 e. The highest BCUT2D eigenvalue weighted by Crippen LogP contribution is 2.23. The van der Waals surface area contributed by atoms with Crippen LogP contribution in [0.1, 0.15) is 32.4 Å². The van der Waals surface area contributed by atoms with E-state index in [-0.39, 0.29) is 5.56 Å². The largest absolute Gasteiger partial charge is 0.458 e. The molecule has 0 aliphatic rings. The van der Waals surface area contributed by atoms with E-state index >= 15 is 0 Å². The molecule has 1 unspecified atom stereocenters. The third-order valence-electron chi connectivity index (χ3n) is 1.84. The van der Waals surface area contributed by atoms with Crippen molar-refractivity contribution >= 4 is 5.97 Å². The highest BCUT2D eigenvalue weighted by atomic mass is 19.1. The number of hydrogen-bond donors (Lipinski definition) is 1. The zero-order chi connectivity index (χ0) is 13.1. The van der Waals surface area contributed by atoms with Crippen LogP contribution in [-0.4, -0.2) is 16.6 Å². The third kappa shape index (κ3) is 3.58. The number of nitrogens with one attached hydrogen (secondary N) is 1. The van der Waals surface area contributed by atoms with Crippen molar-refractivity contribution in [3.63, 3.8) is 0 Å². The summed E-state index contributed by atoms with van der Waals surface area (Å²) in [5, 5.41) is 3.10. The van der Waals surface area contributed by atoms with E-state index in [1.807, 2.05) is 0 Å². The van der Waals surface area contributed by atoms with Gasteiger partial charge in [0.2, 0.25) is 5.95 Å². The third-order valence-corrected chi connectivity index (χ3v) is 1.84. The van der Waals surface area contributed by atoms with Crippen LogP contribution in [0.15, 0.2) is 23.4 Å². The SMILES string of the molecule is CC(C)(C)OC(=O)C(N=N)c1cccnc1F. The summed E-state index contributed by atoms with van der Waals surface area (Å²) in [6.07, 6.45) is 1.26. The monoisotopic (exact) mass is 239 g/mol. The second-order valence-electron chi connectivity index (χ2n) is 4.45.